The fraction of sp³-hybridized carbons (Fsp3) is 0.0435. The van der Waals surface area contributed by atoms with Crippen molar-refractivity contribution in [2.45, 2.75) is 4.21 Å². The Bertz CT molecular complexity index is 1390. The lowest BCUT2D eigenvalue weighted by atomic mass is 9.99. The van der Waals surface area contributed by atoms with Crippen LogP contribution in [0.25, 0.3) is 43.9 Å². The van der Waals surface area contributed by atoms with Gasteiger partial charge in [-0.25, -0.2) is 9.97 Å². The molecule has 3 heterocycles. The summed E-state index contributed by atoms with van der Waals surface area (Å²) in [5.41, 5.74) is 6.31. The molecule has 5 nitrogen and oxygen atoms in total. The van der Waals surface area contributed by atoms with Gasteiger partial charge in [0.15, 0.2) is 0 Å². The summed E-state index contributed by atoms with van der Waals surface area (Å²) in [6.07, 6.45) is 5.60. The van der Waals surface area contributed by atoms with E-state index in [0.29, 0.717) is 5.56 Å². The predicted molar refractivity (Wildman–Crippen MR) is 122 cm³/mol. The van der Waals surface area contributed by atoms with Gasteiger partial charge in [0, 0.05) is 22.7 Å². The van der Waals surface area contributed by atoms with E-state index < -0.39 is 0 Å². The van der Waals surface area contributed by atoms with E-state index >= 15 is 0 Å². The molecular formula is C23H15N5S2. The maximum atomic E-state index is 9.05. The van der Waals surface area contributed by atoms with Gasteiger partial charge in [-0.3, -0.25) is 5.10 Å². The normalized spacial score (nSPS) is 10.9. The molecule has 0 aliphatic rings. The number of nitrogens with one attached hydrogen (secondary N) is 1. The van der Waals surface area contributed by atoms with Crippen LogP contribution < -0.4 is 0 Å². The number of nitrogens with zero attached hydrogens (tertiary/aromatic N) is 4. The number of nitriles is 1. The first-order valence-corrected chi connectivity index (χ1v) is 11.2. The second-order valence-corrected chi connectivity index (χ2v) is 8.80. The van der Waals surface area contributed by atoms with Crippen LogP contribution in [0.3, 0.4) is 0 Å². The van der Waals surface area contributed by atoms with Gasteiger partial charge in [-0.2, -0.15) is 10.4 Å². The number of hydrogen-bond donors (Lipinski definition) is 1. The summed E-state index contributed by atoms with van der Waals surface area (Å²) < 4.78 is 1.26. The van der Waals surface area contributed by atoms with Crippen LogP contribution in [-0.2, 0) is 0 Å². The maximum absolute atomic E-state index is 9.05. The van der Waals surface area contributed by atoms with Crippen LogP contribution in [0.2, 0.25) is 0 Å². The first kappa shape index (κ1) is 18.6. The molecule has 0 bridgehead atoms. The monoisotopic (exact) mass is 425 g/mol. The molecule has 5 rings (SSSR count). The molecular weight excluding hydrogens is 410 g/mol. The van der Waals surface area contributed by atoms with Crippen LogP contribution in [-0.4, -0.2) is 26.4 Å². The van der Waals surface area contributed by atoms with Crippen LogP contribution in [0.4, 0.5) is 0 Å². The summed E-state index contributed by atoms with van der Waals surface area (Å²) in [4.78, 5) is 10.2. The Morgan fingerprint density at radius 3 is 2.57 bits per heavy atom. The fourth-order valence-electron chi connectivity index (χ4n) is 3.41. The number of aromatic amines is 1. The molecule has 144 valence electrons. The molecule has 30 heavy (non-hydrogen) atoms. The van der Waals surface area contributed by atoms with E-state index in [0.717, 1.165) is 43.9 Å². The van der Waals surface area contributed by atoms with Gasteiger partial charge in [-0.05, 0) is 48.2 Å². The predicted octanol–water partition coefficient (Wildman–Crippen LogP) is 6.01. The summed E-state index contributed by atoms with van der Waals surface area (Å²) in [6.45, 7) is 0. The van der Waals surface area contributed by atoms with Crippen LogP contribution in [0.5, 0.6) is 0 Å². The Morgan fingerprint density at radius 1 is 0.967 bits per heavy atom. The van der Waals surface area contributed by atoms with Gasteiger partial charge in [0.05, 0.1) is 37.6 Å². The maximum Gasteiger partial charge on any atom is 0.116 e. The lowest BCUT2D eigenvalue weighted by Crippen LogP contribution is -1.89. The quantitative estimate of drug-likeness (QED) is 0.357. The molecule has 1 N–H and O–H groups in total. The van der Waals surface area contributed by atoms with Crippen molar-refractivity contribution in [3.63, 3.8) is 0 Å². The van der Waals surface area contributed by atoms with E-state index in [9.17, 15) is 0 Å². The molecule has 0 saturated carbocycles. The van der Waals surface area contributed by atoms with Crippen molar-refractivity contribution in [1.29, 1.82) is 5.26 Å². The number of fused-ring (bicyclic) bond motifs is 1. The van der Waals surface area contributed by atoms with Crippen LogP contribution in [0.15, 0.2) is 71.3 Å². The van der Waals surface area contributed by atoms with E-state index in [2.05, 4.69) is 56.8 Å². The number of H-pyrrole nitrogens is 1. The minimum Gasteiger partial charge on any atom is -0.284 e. The highest BCUT2D eigenvalue weighted by Crippen LogP contribution is 2.37. The highest BCUT2D eigenvalue weighted by Gasteiger charge is 2.14. The van der Waals surface area contributed by atoms with E-state index in [-0.39, 0.29) is 0 Å². The second-order valence-electron chi connectivity index (χ2n) is 6.61. The number of thiophene rings is 1. The van der Waals surface area contributed by atoms with Crippen LogP contribution in [0, 0.1) is 11.3 Å². The number of aromatic nitrogens is 4. The topological polar surface area (TPSA) is 78.2 Å². The van der Waals surface area contributed by atoms with Crippen molar-refractivity contribution in [2.24, 2.45) is 0 Å². The van der Waals surface area contributed by atoms with Crippen molar-refractivity contribution in [3.05, 3.63) is 72.7 Å². The molecule has 5 aromatic rings. The van der Waals surface area contributed by atoms with Crippen molar-refractivity contribution in [2.75, 3.05) is 6.26 Å². The zero-order chi connectivity index (χ0) is 20.5. The Morgan fingerprint density at radius 2 is 1.80 bits per heavy atom. The highest BCUT2D eigenvalue weighted by molar-refractivity contribution is 8.00. The molecule has 0 atom stereocenters. The summed E-state index contributed by atoms with van der Waals surface area (Å²) >= 11 is 3.47. The average molecular weight is 426 g/mol. The van der Waals surface area contributed by atoms with E-state index in [1.54, 1.807) is 41.6 Å². The van der Waals surface area contributed by atoms with Gasteiger partial charge >= 0.3 is 0 Å². The van der Waals surface area contributed by atoms with Gasteiger partial charge < -0.3 is 0 Å². The minimum absolute atomic E-state index is 0.629. The summed E-state index contributed by atoms with van der Waals surface area (Å²) in [5.74, 6) is 0. The third-order valence-corrected chi connectivity index (χ3v) is 7.07. The van der Waals surface area contributed by atoms with Gasteiger partial charge in [0.2, 0.25) is 0 Å². The molecule has 2 aromatic carbocycles. The SMILES string of the molecule is CSc1ccc(-c2ncnc3ccc(-c4c[nH]nc4-c4ccc(C#N)cc4)cc23)s1. The Balaban J connectivity index is 1.63. The van der Waals surface area contributed by atoms with Gasteiger partial charge in [-0.15, -0.1) is 23.1 Å². The molecule has 0 saturated heterocycles. The molecule has 0 aliphatic carbocycles. The average Bonchev–Trinajstić information content (AvgIpc) is 3.48. The highest BCUT2D eigenvalue weighted by atomic mass is 32.2. The molecule has 0 fully saturated rings. The third-order valence-electron chi connectivity index (χ3n) is 4.89. The minimum atomic E-state index is 0.629. The number of benzene rings is 2. The van der Waals surface area contributed by atoms with Crippen molar-refractivity contribution in [1.82, 2.24) is 20.2 Å². The Hall–Kier alpha value is -3.47. The first-order chi connectivity index (χ1) is 14.8. The summed E-state index contributed by atoms with van der Waals surface area (Å²) in [6, 6.07) is 20.0. The Labute approximate surface area is 181 Å². The van der Waals surface area contributed by atoms with Crippen molar-refractivity contribution >= 4 is 34.0 Å². The molecule has 0 spiro atoms. The number of thioether (sulfide) groups is 1. The van der Waals surface area contributed by atoms with Gasteiger partial charge in [-0.1, -0.05) is 18.2 Å². The van der Waals surface area contributed by atoms with E-state index in [4.69, 9.17) is 5.26 Å². The summed E-state index contributed by atoms with van der Waals surface area (Å²) in [7, 11) is 0. The lowest BCUT2D eigenvalue weighted by molar-refractivity contribution is 1.10. The van der Waals surface area contributed by atoms with Crippen molar-refractivity contribution < 1.29 is 0 Å². The number of rotatable bonds is 4. The first-order valence-electron chi connectivity index (χ1n) is 9.20. The lowest BCUT2D eigenvalue weighted by Gasteiger charge is -2.07. The molecule has 7 heteroatoms. The largest absolute Gasteiger partial charge is 0.284 e. The molecule has 0 aliphatic heterocycles. The van der Waals surface area contributed by atoms with Gasteiger partial charge in [0.25, 0.3) is 0 Å². The molecule has 0 amide bonds. The smallest absolute Gasteiger partial charge is 0.116 e. The third kappa shape index (κ3) is 3.26. The second kappa shape index (κ2) is 7.75. The summed E-state index contributed by atoms with van der Waals surface area (Å²) in [5, 5.41) is 17.5. The number of hydrogen-bond acceptors (Lipinski definition) is 6. The van der Waals surface area contributed by atoms with E-state index in [1.165, 1.54) is 4.21 Å². The molecule has 0 unspecified atom stereocenters. The van der Waals surface area contributed by atoms with Crippen LogP contribution in [0.1, 0.15) is 5.56 Å². The molecule has 3 aromatic heterocycles. The van der Waals surface area contributed by atoms with Gasteiger partial charge in [0.1, 0.15) is 6.33 Å². The van der Waals surface area contributed by atoms with Crippen molar-refractivity contribution in [3.8, 4) is 39.0 Å². The zero-order valence-electron chi connectivity index (χ0n) is 16.0. The van der Waals surface area contributed by atoms with E-state index in [1.807, 2.05) is 24.4 Å². The van der Waals surface area contributed by atoms with Crippen LogP contribution >= 0.6 is 23.1 Å². The zero-order valence-corrected chi connectivity index (χ0v) is 17.6. The fourth-order valence-corrected chi connectivity index (χ4v) is 4.97. The molecule has 0 radical (unpaired) electrons. The standard InChI is InChI=1S/C23H15N5S2/c1-29-21-9-8-20(30-21)23-17-10-16(6-7-19(17)25-13-26-23)18-12-27-28-22(18)15-4-2-14(11-24)3-5-15/h2-10,12-13H,1H3,(H,27,28). The Kier molecular flexibility index (Phi) is 4.79.